The van der Waals surface area contributed by atoms with Gasteiger partial charge in [0.1, 0.15) is 0 Å². The number of piperidine rings is 1. The van der Waals surface area contributed by atoms with Crippen LogP contribution in [0.5, 0.6) is 0 Å². The first kappa shape index (κ1) is 15.8. The molecule has 1 N–H and O–H groups in total. The van der Waals surface area contributed by atoms with Gasteiger partial charge in [-0.2, -0.15) is 0 Å². The van der Waals surface area contributed by atoms with Crippen LogP contribution in [0, 0.1) is 5.92 Å². The fraction of sp³-hybridized carbons (Fsp3) is 0.533. The van der Waals surface area contributed by atoms with Crippen LogP contribution in [-0.4, -0.2) is 29.1 Å². The van der Waals surface area contributed by atoms with Crippen LogP contribution >= 0.6 is 27.5 Å². The van der Waals surface area contributed by atoms with Gasteiger partial charge >= 0.3 is 5.97 Å². The Morgan fingerprint density at radius 1 is 1.40 bits per heavy atom. The van der Waals surface area contributed by atoms with E-state index in [0.717, 1.165) is 48.4 Å². The van der Waals surface area contributed by atoms with E-state index in [9.17, 15) is 4.79 Å². The highest BCUT2D eigenvalue weighted by Crippen LogP contribution is 2.26. The van der Waals surface area contributed by atoms with Crippen molar-refractivity contribution in [1.82, 2.24) is 4.90 Å². The minimum absolute atomic E-state index is 0.299. The van der Waals surface area contributed by atoms with Crippen molar-refractivity contribution in [3.05, 3.63) is 33.3 Å². The number of rotatable bonds is 5. The van der Waals surface area contributed by atoms with Crippen molar-refractivity contribution in [1.29, 1.82) is 0 Å². The average Bonchev–Trinajstić information content (AvgIpc) is 2.41. The van der Waals surface area contributed by atoms with Crippen LogP contribution in [0.2, 0.25) is 5.02 Å². The zero-order chi connectivity index (χ0) is 14.5. The van der Waals surface area contributed by atoms with Gasteiger partial charge in [0.05, 0.1) is 0 Å². The van der Waals surface area contributed by atoms with E-state index in [-0.39, 0.29) is 0 Å². The van der Waals surface area contributed by atoms with Crippen LogP contribution in [0.1, 0.15) is 31.2 Å². The molecular formula is C15H19BrClNO2. The van der Waals surface area contributed by atoms with E-state index in [1.54, 1.807) is 0 Å². The standard InChI is InChI=1S/C15H19BrClNO2/c16-14-9-13(17)3-2-12(14)10-18-7-5-11(6-8-18)1-4-15(19)20/h2-3,9,11H,1,4-8,10H2,(H,19,20). The number of nitrogens with zero attached hydrogens (tertiary/aromatic N) is 1. The fourth-order valence-corrected chi connectivity index (χ4v) is 3.46. The Labute approximate surface area is 133 Å². The van der Waals surface area contributed by atoms with Gasteiger partial charge < -0.3 is 5.11 Å². The predicted molar refractivity (Wildman–Crippen MR) is 84.0 cm³/mol. The van der Waals surface area contributed by atoms with Crippen molar-refractivity contribution in [2.45, 2.75) is 32.2 Å². The third-order valence-electron chi connectivity index (χ3n) is 3.88. The number of aliphatic carboxylic acids is 1. The van der Waals surface area contributed by atoms with Crippen molar-refractivity contribution < 1.29 is 9.90 Å². The van der Waals surface area contributed by atoms with E-state index in [1.807, 2.05) is 12.1 Å². The largest absolute Gasteiger partial charge is 0.481 e. The Bertz CT molecular complexity index is 473. The first-order chi connectivity index (χ1) is 9.54. The summed E-state index contributed by atoms with van der Waals surface area (Å²) in [4.78, 5) is 13.0. The maximum atomic E-state index is 10.6. The molecule has 0 amide bonds. The topological polar surface area (TPSA) is 40.5 Å². The molecule has 1 aliphatic heterocycles. The van der Waals surface area contributed by atoms with Crippen molar-refractivity contribution in [2.75, 3.05) is 13.1 Å². The molecule has 5 heteroatoms. The van der Waals surface area contributed by atoms with Gasteiger partial charge in [0.15, 0.2) is 0 Å². The molecule has 0 bridgehead atoms. The summed E-state index contributed by atoms with van der Waals surface area (Å²) in [6, 6.07) is 5.90. The zero-order valence-electron chi connectivity index (χ0n) is 11.3. The molecule has 1 saturated heterocycles. The lowest BCUT2D eigenvalue weighted by molar-refractivity contribution is -0.137. The Hall–Kier alpha value is -0.580. The maximum absolute atomic E-state index is 10.6. The van der Waals surface area contributed by atoms with Gasteiger partial charge in [0, 0.05) is 22.5 Å². The van der Waals surface area contributed by atoms with Crippen molar-refractivity contribution >= 4 is 33.5 Å². The van der Waals surface area contributed by atoms with Crippen molar-refractivity contribution in [2.24, 2.45) is 5.92 Å². The van der Waals surface area contributed by atoms with E-state index < -0.39 is 5.97 Å². The van der Waals surface area contributed by atoms with Gasteiger partial charge in [-0.3, -0.25) is 9.69 Å². The van der Waals surface area contributed by atoms with E-state index in [1.165, 1.54) is 5.56 Å². The number of benzene rings is 1. The van der Waals surface area contributed by atoms with Crippen LogP contribution in [0.25, 0.3) is 0 Å². The highest BCUT2D eigenvalue weighted by Gasteiger charge is 2.20. The summed E-state index contributed by atoms with van der Waals surface area (Å²) >= 11 is 9.50. The van der Waals surface area contributed by atoms with E-state index in [4.69, 9.17) is 16.7 Å². The fourth-order valence-electron chi connectivity index (χ4n) is 2.65. The van der Waals surface area contributed by atoms with Crippen LogP contribution in [0.15, 0.2) is 22.7 Å². The first-order valence-electron chi connectivity index (χ1n) is 6.92. The Morgan fingerprint density at radius 2 is 2.10 bits per heavy atom. The molecule has 3 nitrogen and oxygen atoms in total. The van der Waals surface area contributed by atoms with Crippen molar-refractivity contribution in [3.8, 4) is 0 Å². The maximum Gasteiger partial charge on any atom is 0.303 e. The minimum Gasteiger partial charge on any atom is -0.481 e. The number of carboxylic acid groups (broad SMARTS) is 1. The molecule has 0 aliphatic carbocycles. The molecule has 110 valence electrons. The second-order valence-corrected chi connectivity index (χ2v) is 6.68. The van der Waals surface area contributed by atoms with Crippen LogP contribution in [-0.2, 0) is 11.3 Å². The normalized spacial score (nSPS) is 17.3. The molecule has 0 aromatic heterocycles. The lowest BCUT2D eigenvalue weighted by Gasteiger charge is -2.32. The highest BCUT2D eigenvalue weighted by atomic mass is 79.9. The summed E-state index contributed by atoms with van der Waals surface area (Å²) in [7, 11) is 0. The van der Waals surface area contributed by atoms with Gasteiger partial charge in [0.25, 0.3) is 0 Å². The van der Waals surface area contributed by atoms with Gasteiger partial charge in [-0.1, -0.05) is 33.6 Å². The smallest absolute Gasteiger partial charge is 0.303 e. The summed E-state index contributed by atoms with van der Waals surface area (Å²) in [5.74, 6) is -0.117. The first-order valence-corrected chi connectivity index (χ1v) is 8.10. The second kappa shape index (κ2) is 7.43. The molecule has 1 fully saturated rings. The third kappa shape index (κ3) is 4.76. The van der Waals surface area contributed by atoms with Gasteiger partial charge in [-0.05, 0) is 56.0 Å². The molecule has 1 aromatic carbocycles. The number of halogens is 2. The third-order valence-corrected chi connectivity index (χ3v) is 4.86. The monoisotopic (exact) mass is 359 g/mol. The number of carboxylic acids is 1. The van der Waals surface area contributed by atoms with Gasteiger partial charge in [-0.25, -0.2) is 0 Å². The number of likely N-dealkylation sites (tertiary alicyclic amines) is 1. The average molecular weight is 361 g/mol. The summed E-state index contributed by atoms with van der Waals surface area (Å²) in [5, 5.41) is 9.46. The predicted octanol–water partition coefficient (Wildman–Crippen LogP) is 4.18. The van der Waals surface area contributed by atoms with E-state index >= 15 is 0 Å². The zero-order valence-corrected chi connectivity index (χ0v) is 13.7. The molecule has 0 unspecified atom stereocenters. The second-order valence-electron chi connectivity index (χ2n) is 5.39. The lowest BCUT2D eigenvalue weighted by atomic mass is 9.92. The molecular weight excluding hydrogens is 342 g/mol. The van der Waals surface area contributed by atoms with Gasteiger partial charge in [-0.15, -0.1) is 0 Å². The molecule has 2 rings (SSSR count). The van der Waals surface area contributed by atoms with Gasteiger partial charge in [0.2, 0.25) is 0 Å². The summed E-state index contributed by atoms with van der Waals surface area (Å²) in [6.45, 7) is 3.00. The van der Waals surface area contributed by atoms with Crippen LogP contribution in [0.3, 0.4) is 0 Å². The van der Waals surface area contributed by atoms with Crippen molar-refractivity contribution in [3.63, 3.8) is 0 Å². The lowest BCUT2D eigenvalue weighted by Crippen LogP contribution is -2.33. The SMILES string of the molecule is O=C(O)CCC1CCN(Cc2ccc(Cl)cc2Br)CC1. The van der Waals surface area contributed by atoms with E-state index in [2.05, 4.69) is 26.9 Å². The minimum atomic E-state index is -0.683. The Morgan fingerprint density at radius 3 is 2.70 bits per heavy atom. The van der Waals surface area contributed by atoms with Crippen LogP contribution < -0.4 is 0 Å². The molecule has 0 radical (unpaired) electrons. The van der Waals surface area contributed by atoms with E-state index in [0.29, 0.717) is 12.3 Å². The molecule has 1 aromatic rings. The number of carbonyl (C=O) groups is 1. The number of hydrogen-bond donors (Lipinski definition) is 1. The molecule has 0 atom stereocenters. The summed E-state index contributed by atoms with van der Waals surface area (Å²) < 4.78 is 1.05. The summed E-state index contributed by atoms with van der Waals surface area (Å²) in [6.07, 6.45) is 3.30. The molecule has 0 spiro atoms. The molecule has 1 heterocycles. The quantitative estimate of drug-likeness (QED) is 0.856. The highest BCUT2D eigenvalue weighted by molar-refractivity contribution is 9.10. The van der Waals surface area contributed by atoms with Crippen LogP contribution in [0.4, 0.5) is 0 Å². The number of hydrogen-bond acceptors (Lipinski definition) is 2. The summed E-state index contributed by atoms with van der Waals surface area (Å²) in [5.41, 5.74) is 1.25. The Balaban J connectivity index is 1.80. The molecule has 0 saturated carbocycles. The molecule has 1 aliphatic rings. The molecule has 20 heavy (non-hydrogen) atoms. The Kier molecular flexibility index (Phi) is 5.87.